The van der Waals surface area contributed by atoms with Crippen LogP contribution in [0.1, 0.15) is 17.0 Å². The third-order valence-corrected chi connectivity index (χ3v) is 4.96. The molecular formula is C14H19N3O3S. The molecule has 2 rings (SSSR count). The van der Waals surface area contributed by atoms with Gasteiger partial charge in [-0.1, -0.05) is 12.1 Å². The molecule has 1 aromatic heterocycles. The molecule has 1 N–H and O–H groups in total. The van der Waals surface area contributed by atoms with Gasteiger partial charge in [-0.05, 0) is 31.5 Å². The molecule has 2 aromatic rings. The Bertz CT molecular complexity index is 751. The van der Waals surface area contributed by atoms with Crippen LogP contribution in [-0.2, 0) is 23.6 Å². The van der Waals surface area contributed by atoms with E-state index in [9.17, 15) is 8.42 Å². The topological polar surface area (TPSA) is 73.2 Å². The van der Waals surface area contributed by atoms with E-state index in [1.54, 1.807) is 38.8 Å². The van der Waals surface area contributed by atoms with Gasteiger partial charge in [0.25, 0.3) is 0 Å². The number of rotatable bonds is 5. The Hall–Kier alpha value is -1.86. The third kappa shape index (κ3) is 3.25. The molecule has 1 aromatic carbocycles. The molecule has 0 bridgehead atoms. The Morgan fingerprint density at radius 3 is 2.62 bits per heavy atom. The molecule has 0 radical (unpaired) electrons. The van der Waals surface area contributed by atoms with Crippen molar-refractivity contribution in [2.45, 2.75) is 25.3 Å². The van der Waals surface area contributed by atoms with Crippen LogP contribution in [0.3, 0.4) is 0 Å². The van der Waals surface area contributed by atoms with Crippen molar-refractivity contribution in [2.24, 2.45) is 7.05 Å². The predicted molar refractivity (Wildman–Crippen MR) is 79.7 cm³/mol. The van der Waals surface area contributed by atoms with Crippen molar-refractivity contribution < 1.29 is 13.2 Å². The minimum absolute atomic E-state index is 0.202. The molecule has 0 spiro atoms. The fourth-order valence-electron chi connectivity index (χ4n) is 2.18. The number of hydrogen-bond donors (Lipinski definition) is 1. The van der Waals surface area contributed by atoms with E-state index >= 15 is 0 Å². The minimum atomic E-state index is -3.59. The molecule has 114 valence electrons. The number of methoxy groups -OCH3 is 1. The van der Waals surface area contributed by atoms with Crippen molar-refractivity contribution >= 4 is 10.0 Å². The van der Waals surface area contributed by atoms with Crippen molar-refractivity contribution in [3.05, 3.63) is 41.2 Å². The number of ether oxygens (including phenoxy) is 1. The number of nitrogens with zero attached hydrogens (tertiary/aromatic N) is 2. The third-order valence-electron chi connectivity index (χ3n) is 3.31. The summed E-state index contributed by atoms with van der Waals surface area (Å²) in [6.07, 6.45) is 0. The van der Waals surface area contributed by atoms with Crippen LogP contribution in [0.25, 0.3) is 0 Å². The van der Waals surface area contributed by atoms with Crippen LogP contribution in [-0.4, -0.2) is 25.3 Å². The Morgan fingerprint density at radius 1 is 1.33 bits per heavy atom. The van der Waals surface area contributed by atoms with E-state index in [1.165, 1.54) is 0 Å². The van der Waals surface area contributed by atoms with Gasteiger partial charge in [-0.25, -0.2) is 13.1 Å². The van der Waals surface area contributed by atoms with Crippen LogP contribution in [0.15, 0.2) is 29.2 Å². The van der Waals surface area contributed by atoms with E-state index in [4.69, 9.17) is 4.74 Å². The molecule has 0 saturated heterocycles. The van der Waals surface area contributed by atoms with E-state index in [2.05, 4.69) is 9.82 Å². The molecule has 1 heterocycles. The van der Waals surface area contributed by atoms with Crippen LogP contribution >= 0.6 is 0 Å². The first-order valence-electron chi connectivity index (χ1n) is 6.48. The molecule has 0 saturated carbocycles. The first-order chi connectivity index (χ1) is 9.85. The number of aromatic nitrogens is 2. The molecule has 0 unspecified atom stereocenters. The van der Waals surface area contributed by atoms with E-state index in [0.717, 1.165) is 5.56 Å². The summed E-state index contributed by atoms with van der Waals surface area (Å²) in [5.41, 5.74) is 1.94. The maximum absolute atomic E-state index is 12.4. The summed E-state index contributed by atoms with van der Waals surface area (Å²) >= 11 is 0. The summed E-state index contributed by atoms with van der Waals surface area (Å²) in [7, 11) is -0.292. The Balaban J connectivity index is 2.22. The minimum Gasteiger partial charge on any atom is -0.497 e. The highest BCUT2D eigenvalue weighted by atomic mass is 32.2. The molecule has 7 heteroatoms. The van der Waals surface area contributed by atoms with Crippen molar-refractivity contribution in [1.82, 2.24) is 14.5 Å². The lowest BCUT2D eigenvalue weighted by molar-refractivity contribution is 0.414. The van der Waals surface area contributed by atoms with Gasteiger partial charge in [-0.15, -0.1) is 0 Å². The first-order valence-corrected chi connectivity index (χ1v) is 7.96. The van der Waals surface area contributed by atoms with Crippen LogP contribution in [0.5, 0.6) is 5.75 Å². The summed E-state index contributed by atoms with van der Waals surface area (Å²) in [5.74, 6) is 0.695. The van der Waals surface area contributed by atoms with Gasteiger partial charge >= 0.3 is 0 Å². The average molecular weight is 309 g/mol. The number of benzene rings is 1. The Kier molecular flexibility index (Phi) is 4.34. The lowest BCUT2D eigenvalue weighted by atomic mass is 10.2. The fourth-order valence-corrected chi connectivity index (χ4v) is 3.63. The standard InChI is InChI=1S/C14H19N3O3S/c1-10-14(11(2)17(3)16-10)21(18,19)15-9-12-6-5-7-13(8-12)20-4/h5-8,15H,9H2,1-4H3. The predicted octanol–water partition coefficient (Wildman–Crippen LogP) is 1.52. The van der Waals surface area contributed by atoms with Gasteiger partial charge < -0.3 is 4.74 Å². The summed E-state index contributed by atoms with van der Waals surface area (Å²) in [4.78, 5) is 0.243. The van der Waals surface area contributed by atoms with E-state index in [1.807, 2.05) is 18.2 Å². The number of aryl methyl sites for hydroxylation is 2. The molecule has 0 amide bonds. The number of nitrogens with one attached hydrogen (secondary N) is 1. The van der Waals surface area contributed by atoms with Crippen LogP contribution in [0, 0.1) is 13.8 Å². The second kappa shape index (κ2) is 5.87. The molecule has 0 aliphatic carbocycles. The summed E-state index contributed by atoms with van der Waals surface area (Å²) < 4.78 is 34.1. The van der Waals surface area contributed by atoms with Gasteiger partial charge in [0.05, 0.1) is 18.5 Å². The van der Waals surface area contributed by atoms with Crippen LogP contribution in [0.4, 0.5) is 0 Å². The van der Waals surface area contributed by atoms with Crippen molar-refractivity contribution in [2.75, 3.05) is 7.11 Å². The molecule has 0 aliphatic heterocycles. The summed E-state index contributed by atoms with van der Waals surface area (Å²) in [6.45, 7) is 3.63. The molecule has 6 nitrogen and oxygen atoms in total. The first kappa shape index (κ1) is 15.5. The lowest BCUT2D eigenvalue weighted by Crippen LogP contribution is -2.24. The Morgan fingerprint density at radius 2 is 2.05 bits per heavy atom. The van der Waals surface area contributed by atoms with E-state index < -0.39 is 10.0 Å². The highest BCUT2D eigenvalue weighted by Crippen LogP contribution is 2.19. The SMILES string of the molecule is COc1cccc(CNS(=O)(=O)c2c(C)nn(C)c2C)c1. The largest absolute Gasteiger partial charge is 0.497 e. The van der Waals surface area contributed by atoms with E-state index in [-0.39, 0.29) is 11.4 Å². The van der Waals surface area contributed by atoms with Crippen molar-refractivity contribution in [3.63, 3.8) is 0 Å². The fraction of sp³-hybridized carbons (Fsp3) is 0.357. The highest BCUT2D eigenvalue weighted by Gasteiger charge is 2.23. The maximum atomic E-state index is 12.4. The molecular weight excluding hydrogens is 290 g/mol. The summed E-state index contributed by atoms with van der Waals surface area (Å²) in [5, 5.41) is 4.14. The smallest absolute Gasteiger partial charge is 0.244 e. The second-order valence-corrected chi connectivity index (χ2v) is 6.50. The van der Waals surface area contributed by atoms with Crippen LogP contribution in [0.2, 0.25) is 0 Å². The quantitative estimate of drug-likeness (QED) is 0.909. The van der Waals surface area contributed by atoms with Gasteiger partial charge in [0.15, 0.2) is 0 Å². The molecule has 21 heavy (non-hydrogen) atoms. The van der Waals surface area contributed by atoms with Gasteiger partial charge in [0, 0.05) is 13.6 Å². The Labute approximate surface area is 124 Å². The summed E-state index contributed by atoms with van der Waals surface area (Å²) in [6, 6.07) is 7.27. The lowest BCUT2D eigenvalue weighted by Gasteiger charge is -2.08. The van der Waals surface area contributed by atoms with E-state index in [0.29, 0.717) is 17.1 Å². The maximum Gasteiger partial charge on any atom is 0.244 e. The van der Waals surface area contributed by atoms with Gasteiger partial charge in [-0.2, -0.15) is 5.10 Å². The normalized spacial score (nSPS) is 11.6. The van der Waals surface area contributed by atoms with Gasteiger partial charge in [0.2, 0.25) is 10.0 Å². The van der Waals surface area contributed by atoms with Gasteiger partial charge in [0.1, 0.15) is 10.6 Å². The highest BCUT2D eigenvalue weighted by molar-refractivity contribution is 7.89. The van der Waals surface area contributed by atoms with Crippen molar-refractivity contribution in [1.29, 1.82) is 0 Å². The molecule has 0 aliphatic rings. The zero-order valence-electron chi connectivity index (χ0n) is 12.5. The molecule has 0 fully saturated rings. The monoisotopic (exact) mass is 309 g/mol. The second-order valence-electron chi connectivity index (χ2n) is 4.80. The number of hydrogen-bond acceptors (Lipinski definition) is 4. The van der Waals surface area contributed by atoms with Crippen molar-refractivity contribution in [3.8, 4) is 5.75 Å². The van der Waals surface area contributed by atoms with Gasteiger partial charge in [-0.3, -0.25) is 4.68 Å². The van der Waals surface area contributed by atoms with Crippen LogP contribution < -0.4 is 9.46 Å². The average Bonchev–Trinajstić information content (AvgIpc) is 2.71. The number of sulfonamides is 1. The zero-order valence-corrected chi connectivity index (χ0v) is 13.4. The molecule has 0 atom stereocenters. The zero-order chi connectivity index (χ0) is 15.6.